The zero-order chi connectivity index (χ0) is 7.61. The van der Waals surface area contributed by atoms with Gasteiger partial charge in [-0.3, -0.25) is 0 Å². The summed E-state index contributed by atoms with van der Waals surface area (Å²) in [5, 5.41) is 9.56. The molecule has 2 nitrogen and oxygen atoms in total. The van der Waals surface area contributed by atoms with E-state index in [0.29, 0.717) is 6.54 Å². The van der Waals surface area contributed by atoms with Gasteiger partial charge in [-0.05, 0) is 19.3 Å². The maximum atomic E-state index is 9.56. The van der Waals surface area contributed by atoms with Gasteiger partial charge in [0.25, 0.3) is 0 Å². The first-order chi connectivity index (χ1) is 4.75. The Kier molecular flexibility index (Phi) is 2.32. The Labute approximate surface area is 62.4 Å². The molecule has 0 spiro atoms. The van der Waals surface area contributed by atoms with Crippen LogP contribution in [0.1, 0.15) is 32.6 Å². The van der Waals surface area contributed by atoms with Crippen LogP contribution in [0.3, 0.4) is 0 Å². The molecule has 1 fully saturated rings. The summed E-state index contributed by atoms with van der Waals surface area (Å²) in [5.74, 6) is 0. The fraction of sp³-hybridized carbons (Fsp3) is 1.00. The standard InChI is InChI=1S/C8H17NO/c1-2-3-7(10)8(6-9)4-5-8/h7,10H,2-6,9H2,1H3/t7-/m0/s1. The van der Waals surface area contributed by atoms with E-state index in [1.807, 2.05) is 0 Å². The molecule has 0 aromatic carbocycles. The zero-order valence-electron chi connectivity index (χ0n) is 6.64. The van der Waals surface area contributed by atoms with Gasteiger partial charge in [0.15, 0.2) is 0 Å². The molecule has 1 aliphatic rings. The van der Waals surface area contributed by atoms with Crippen LogP contribution in [0.4, 0.5) is 0 Å². The van der Waals surface area contributed by atoms with E-state index in [1.54, 1.807) is 0 Å². The molecule has 0 aliphatic heterocycles. The lowest BCUT2D eigenvalue weighted by Gasteiger charge is -2.19. The van der Waals surface area contributed by atoms with Crippen LogP contribution in [0.25, 0.3) is 0 Å². The first-order valence-electron chi connectivity index (χ1n) is 4.13. The minimum Gasteiger partial charge on any atom is -0.393 e. The van der Waals surface area contributed by atoms with Crippen LogP contribution in [0.2, 0.25) is 0 Å². The summed E-state index contributed by atoms with van der Waals surface area (Å²) in [5.41, 5.74) is 5.67. The lowest BCUT2D eigenvalue weighted by Crippen LogP contribution is -2.29. The Bertz CT molecular complexity index is 110. The molecular formula is C8H17NO. The highest BCUT2D eigenvalue weighted by Crippen LogP contribution is 2.48. The number of hydrogen-bond donors (Lipinski definition) is 2. The molecule has 10 heavy (non-hydrogen) atoms. The molecule has 0 heterocycles. The van der Waals surface area contributed by atoms with Crippen molar-refractivity contribution in [3.63, 3.8) is 0 Å². The maximum absolute atomic E-state index is 9.56. The van der Waals surface area contributed by atoms with Crippen molar-refractivity contribution >= 4 is 0 Å². The third kappa shape index (κ3) is 1.32. The van der Waals surface area contributed by atoms with E-state index in [1.165, 1.54) is 0 Å². The van der Waals surface area contributed by atoms with Crippen LogP contribution in [-0.4, -0.2) is 17.8 Å². The molecule has 1 aliphatic carbocycles. The van der Waals surface area contributed by atoms with Gasteiger partial charge in [-0.25, -0.2) is 0 Å². The molecule has 0 aromatic rings. The van der Waals surface area contributed by atoms with Gasteiger partial charge < -0.3 is 10.8 Å². The molecule has 0 amide bonds. The van der Waals surface area contributed by atoms with Crippen molar-refractivity contribution in [1.82, 2.24) is 0 Å². The molecule has 1 saturated carbocycles. The van der Waals surface area contributed by atoms with Crippen LogP contribution >= 0.6 is 0 Å². The largest absolute Gasteiger partial charge is 0.393 e. The highest BCUT2D eigenvalue weighted by molar-refractivity contribution is 4.99. The van der Waals surface area contributed by atoms with Gasteiger partial charge in [-0.15, -0.1) is 0 Å². The Morgan fingerprint density at radius 1 is 1.60 bits per heavy atom. The molecule has 1 atom stereocenters. The first kappa shape index (κ1) is 8.02. The van der Waals surface area contributed by atoms with Gasteiger partial charge >= 0.3 is 0 Å². The van der Waals surface area contributed by atoms with Crippen LogP contribution in [-0.2, 0) is 0 Å². The van der Waals surface area contributed by atoms with E-state index in [9.17, 15) is 5.11 Å². The molecular weight excluding hydrogens is 126 g/mol. The predicted octanol–water partition coefficient (Wildman–Crippen LogP) is 0.886. The first-order valence-corrected chi connectivity index (χ1v) is 4.13. The molecule has 0 radical (unpaired) electrons. The fourth-order valence-electron chi connectivity index (χ4n) is 1.41. The van der Waals surface area contributed by atoms with Gasteiger partial charge in [-0.1, -0.05) is 13.3 Å². The monoisotopic (exact) mass is 143 g/mol. The summed E-state index contributed by atoms with van der Waals surface area (Å²) in [7, 11) is 0. The zero-order valence-corrected chi connectivity index (χ0v) is 6.64. The Morgan fingerprint density at radius 3 is 2.50 bits per heavy atom. The maximum Gasteiger partial charge on any atom is 0.0608 e. The van der Waals surface area contributed by atoms with Crippen molar-refractivity contribution < 1.29 is 5.11 Å². The third-order valence-electron chi connectivity index (χ3n) is 2.57. The summed E-state index contributed by atoms with van der Waals surface area (Å²) >= 11 is 0. The lowest BCUT2D eigenvalue weighted by atomic mass is 9.96. The van der Waals surface area contributed by atoms with Crippen molar-refractivity contribution in [1.29, 1.82) is 0 Å². The summed E-state index contributed by atoms with van der Waals surface area (Å²) < 4.78 is 0. The van der Waals surface area contributed by atoms with Crippen LogP contribution in [0.5, 0.6) is 0 Å². The van der Waals surface area contributed by atoms with Crippen molar-refractivity contribution in [2.75, 3.05) is 6.54 Å². The normalized spacial score (nSPS) is 24.3. The molecule has 1 rings (SSSR count). The van der Waals surface area contributed by atoms with E-state index in [0.717, 1.165) is 25.7 Å². The van der Waals surface area contributed by atoms with Crippen LogP contribution < -0.4 is 5.73 Å². The van der Waals surface area contributed by atoms with Gasteiger partial charge in [0.05, 0.1) is 6.10 Å². The number of hydrogen-bond acceptors (Lipinski definition) is 2. The van der Waals surface area contributed by atoms with Crippen molar-refractivity contribution in [3.8, 4) is 0 Å². The number of aliphatic hydroxyl groups excluding tert-OH is 1. The minimum atomic E-state index is -0.137. The summed E-state index contributed by atoms with van der Waals surface area (Å²) in [6, 6.07) is 0. The summed E-state index contributed by atoms with van der Waals surface area (Å²) in [6.07, 6.45) is 4.10. The molecule has 0 bridgehead atoms. The summed E-state index contributed by atoms with van der Waals surface area (Å²) in [4.78, 5) is 0. The Balaban J connectivity index is 2.32. The second kappa shape index (κ2) is 2.89. The number of rotatable bonds is 4. The quantitative estimate of drug-likeness (QED) is 0.614. The topological polar surface area (TPSA) is 46.2 Å². The smallest absolute Gasteiger partial charge is 0.0608 e. The van der Waals surface area contributed by atoms with Crippen molar-refractivity contribution in [2.45, 2.75) is 38.7 Å². The van der Waals surface area contributed by atoms with Gasteiger partial charge in [0.1, 0.15) is 0 Å². The average molecular weight is 143 g/mol. The highest BCUT2D eigenvalue weighted by Gasteiger charge is 2.46. The molecule has 0 saturated heterocycles. The molecule has 3 N–H and O–H groups in total. The minimum absolute atomic E-state index is 0.135. The van der Waals surface area contributed by atoms with Crippen LogP contribution in [0, 0.1) is 5.41 Å². The van der Waals surface area contributed by atoms with E-state index >= 15 is 0 Å². The molecule has 0 unspecified atom stereocenters. The van der Waals surface area contributed by atoms with E-state index in [-0.39, 0.29) is 11.5 Å². The van der Waals surface area contributed by atoms with Gasteiger partial charge in [0.2, 0.25) is 0 Å². The van der Waals surface area contributed by atoms with E-state index < -0.39 is 0 Å². The van der Waals surface area contributed by atoms with Crippen molar-refractivity contribution in [3.05, 3.63) is 0 Å². The third-order valence-corrected chi connectivity index (χ3v) is 2.57. The number of aliphatic hydroxyl groups is 1. The SMILES string of the molecule is CCC[C@H](O)C1(CN)CC1. The Hall–Kier alpha value is -0.0800. The second-order valence-corrected chi connectivity index (χ2v) is 3.37. The van der Waals surface area contributed by atoms with Crippen LogP contribution in [0.15, 0.2) is 0 Å². The molecule has 2 heteroatoms. The highest BCUT2D eigenvalue weighted by atomic mass is 16.3. The molecule has 60 valence electrons. The van der Waals surface area contributed by atoms with Gasteiger partial charge in [0, 0.05) is 12.0 Å². The second-order valence-electron chi connectivity index (χ2n) is 3.37. The summed E-state index contributed by atoms with van der Waals surface area (Å²) in [6.45, 7) is 2.75. The number of nitrogens with two attached hydrogens (primary N) is 1. The predicted molar refractivity (Wildman–Crippen MR) is 41.6 cm³/mol. The van der Waals surface area contributed by atoms with Gasteiger partial charge in [-0.2, -0.15) is 0 Å². The van der Waals surface area contributed by atoms with Crippen molar-refractivity contribution in [2.24, 2.45) is 11.1 Å². The molecule has 0 aromatic heterocycles. The fourth-order valence-corrected chi connectivity index (χ4v) is 1.41. The lowest BCUT2D eigenvalue weighted by molar-refractivity contribution is 0.0879. The Morgan fingerprint density at radius 2 is 2.20 bits per heavy atom. The average Bonchev–Trinajstić information content (AvgIpc) is 2.68. The van der Waals surface area contributed by atoms with E-state index in [2.05, 4.69) is 6.92 Å². The van der Waals surface area contributed by atoms with E-state index in [4.69, 9.17) is 5.73 Å².